The van der Waals surface area contributed by atoms with E-state index in [1.165, 1.54) is 4.57 Å². The number of carbonyl (C=O) groups is 1. The lowest BCUT2D eigenvalue weighted by atomic mass is 10.3. The normalized spacial score (nSPS) is 12.3. The van der Waals surface area contributed by atoms with E-state index in [9.17, 15) is 19.2 Å². The fourth-order valence-corrected chi connectivity index (χ4v) is 3.69. The highest BCUT2D eigenvalue weighted by atomic mass is 32.1. The van der Waals surface area contributed by atoms with Gasteiger partial charge in [-0.15, -0.1) is 11.3 Å². The van der Waals surface area contributed by atoms with Crippen molar-refractivity contribution in [3.05, 3.63) is 43.8 Å². The highest BCUT2D eigenvalue weighted by Crippen LogP contribution is 2.14. The number of alkyl halides is 1. The number of anilines is 2. The summed E-state index contributed by atoms with van der Waals surface area (Å²) < 4.78 is 19.3. The summed E-state index contributed by atoms with van der Waals surface area (Å²) in [7, 11) is 1.63. The summed E-state index contributed by atoms with van der Waals surface area (Å²) in [6, 6.07) is 9.34. The summed E-state index contributed by atoms with van der Waals surface area (Å²) in [4.78, 5) is 24.9. The number of benzene rings is 1. The van der Waals surface area contributed by atoms with Crippen molar-refractivity contribution in [1.29, 1.82) is 5.26 Å². The third kappa shape index (κ3) is 5.92. The van der Waals surface area contributed by atoms with Crippen molar-refractivity contribution in [2.24, 2.45) is 0 Å². The van der Waals surface area contributed by atoms with Gasteiger partial charge in [-0.05, 0) is 25.1 Å². The zero-order chi connectivity index (χ0) is 21.9. The summed E-state index contributed by atoms with van der Waals surface area (Å²) in [5.74, 6) is -0.701. The molecule has 0 aliphatic rings. The molecule has 1 aromatic heterocycles. The van der Waals surface area contributed by atoms with Gasteiger partial charge in [-0.1, -0.05) is 6.07 Å². The van der Waals surface area contributed by atoms with Gasteiger partial charge in [0.25, 0.3) is 11.5 Å². The molecular weight excluding hydrogens is 409 g/mol. The van der Waals surface area contributed by atoms with E-state index in [2.05, 4.69) is 16.0 Å². The van der Waals surface area contributed by atoms with E-state index in [1.807, 2.05) is 30.3 Å². The van der Waals surface area contributed by atoms with Gasteiger partial charge < -0.3 is 20.7 Å². The van der Waals surface area contributed by atoms with Crippen molar-refractivity contribution in [1.82, 2.24) is 9.88 Å². The Balaban J connectivity index is 2.38. The molecule has 0 fully saturated rings. The van der Waals surface area contributed by atoms with Gasteiger partial charge in [0.05, 0.1) is 6.61 Å². The SMILES string of the molecule is CCn1c(=O)/c(=C\Nc2cccc(NCCOC)c2)s/c1=C(/C#N)C(=O)NCCF. The van der Waals surface area contributed by atoms with Crippen LogP contribution < -0.4 is 30.7 Å². The number of amides is 1. The highest BCUT2D eigenvalue weighted by Gasteiger charge is 2.14. The van der Waals surface area contributed by atoms with Crippen LogP contribution in [0, 0.1) is 11.3 Å². The third-order valence-electron chi connectivity index (χ3n) is 4.02. The second-order valence-electron chi connectivity index (χ2n) is 6.04. The number of nitriles is 1. The van der Waals surface area contributed by atoms with Gasteiger partial charge in [0.15, 0.2) is 5.57 Å². The Hall–Kier alpha value is -3.16. The van der Waals surface area contributed by atoms with Crippen molar-refractivity contribution >= 4 is 40.4 Å². The standard InChI is InChI=1S/C20H24FN5O3S/c1-3-26-19(28)17(30-20(26)16(12-22)18(27)24-8-7-21)13-25-15-6-4-5-14(11-15)23-9-10-29-2/h4-6,11,13,23,25H,3,7-10H2,1-2H3,(H,24,27)/b17-13+,20-16-. The van der Waals surface area contributed by atoms with Crippen LogP contribution in [0.3, 0.4) is 0 Å². The lowest BCUT2D eigenvalue weighted by Gasteiger charge is -2.07. The number of ether oxygens (including phenoxy) is 1. The third-order valence-corrected chi connectivity index (χ3v) is 5.15. The van der Waals surface area contributed by atoms with Crippen LogP contribution in [0.15, 0.2) is 29.1 Å². The van der Waals surface area contributed by atoms with E-state index in [1.54, 1.807) is 20.2 Å². The molecule has 0 saturated heterocycles. The van der Waals surface area contributed by atoms with Crippen LogP contribution in [-0.2, 0) is 16.1 Å². The maximum absolute atomic E-state index is 12.7. The number of rotatable bonds is 10. The maximum atomic E-state index is 12.7. The molecule has 0 radical (unpaired) electrons. The lowest BCUT2D eigenvalue weighted by molar-refractivity contribution is -0.115. The Morgan fingerprint density at radius 1 is 1.37 bits per heavy atom. The molecule has 0 unspecified atom stereocenters. The van der Waals surface area contributed by atoms with E-state index in [0.29, 0.717) is 24.2 Å². The Bertz CT molecular complexity index is 1090. The number of aromatic nitrogens is 1. The molecule has 30 heavy (non-hydrogen) atoms. The largest absolute Gasteiger partial charge is 0.383 e. The van der Waals surface area contributed by atoms with Gasteiger partial charge in [0.2, 0.25) is 0 Å². The Morgan fingerprint density at radius 3 is 2.80 bits per heavy atom. The Labute approximate surface area is 177 Å². The molecule has 1 heterocycles. The first-order valence-corrected chi connectivity index (χ1v) is 10.1. The van der Waals surface area contributed by atoms with Gasteiger partial charge in [-0.25, -0.2) is 4.39 Å². The Kier molecular flexibility index (Phi) is 9.05. The predicted molar refractivity (Wildman–Crippen MR) is 116 cm³/mol. The highest BCUT2D eigenvalue weighted by molar-refractivity contribution is 7.07. The minimum absolute atomic E-state index is 0.193. The number of hydrogen-bond donors (Lipinski definition) is 3. The fourth-order valence-electron chi connectivity index (χ4n) is 2.60. The molecule has 0 aliphatic carbocycles. The van der Waals surface area contributed by atoms with Crippen molar-refractivity contribution in [3.63, 3.8) is 0 Å². The van der Waals surface area contributed by atoms with Gasteiger partial charge in [0, 0.05) is 44.3 Å². The average molecular weight is 434 g/mol. The quantitative estimate of drug-likeness (QED) is 0.474. The van der Waals surface area contributed by atoms with Crippen LogP contribution in [0.4, 0.5) is 15.8 Å². The van der Waals surface area contributed by atoms with E-state index in [-0.39, 0.29) is 22.3 Å². The summed E-state index contributed by atoms with van der Waals surface area (Å²) in [6.45, 7) is 2.35. The molecule has 0 saturated carbocycles. The first-order chi connectivity index (χ1) is 14.5. The molecule has 160 valence electrons. The monoisotopic (exact) mass is 433 g/mol. The molecule has 0 spiro atoms. The molecular formula is C20H24FN5O3S. The molecule has 1 aromatic carbocycles. The topological polar surface area (TPSA) is 108 Å². The molecule has 0 atom stereocenters. The van der Waals surface area contributed by atoms with Crippen LogP contribution in [-0.4, -0.2) is 44.0 Å². The smallest absolute Gasteiger partial charge is 0.270 e. The summed E-state index contributed by atoms with van der Waals surface area (Å²) >= 11 is 1.03. The minimum atomic E-state index is -0.738. The summed E-state index contributed by atoms with van der Waals surface area (Å²) in [5, 5.41) is 18.0. The minimum Gasteiger partial charge on any atom is -0.383 e. The van der Waals surface area contributed by atoms with Crippen LogP contribution in [0.25, 0.3) is 11.8 Å². The second kappa shape index (κ2) is 11.7. The van der Waals surface area contributed by atoms with Crippen molar-refractivity contribution in [2.45, 2.75) is 13.5 Å². The van der Waals surface area contributed by atoms with E-state index < -0.39 is 12.6 Å². The summed E-state index contributed by atoms with van der Waals surface area (Å²) in [6.07, 6.45) is 1.55. The fraction of sp³-hybridized carbons (Fsp3) is 0.350. The molecule has 0 aliphatic heterocycles. The molecule has 0 bridgehead atoms. The molecule has 2 rings (SSSR count). The van der Waals surface area contributed by atoms with Crippen LogP contribution in [0.2, 0.25) is 0 Å². The maximum Gasteiger partial charge on any atom is 0.270 e. The average Bonchev–Trinajstić information content (AvgIpc) is 3.06. The van der Waals surface area contributed by atoms with Gasteiger partial charge in [0.1, 0.15) is 21.9 Å². The molecule has 3 N–H and O–H groups in total. The van der Waals surface area contributed by atoms with E-state index in [0.717, 1.165) is 22.7 Å². The Morgan fingerprint density at radius 2 is 2.13 bits per heavy atom. The zero-order valence-electron chi connectivity index (χ0n) is 16.8. The number of halogens is 1. The van der Waals surface area contributed by atoms with Crippen LogP contribution >= 0.6 is 11.3 Å². The number of methoxy groups -OCH3 is 1. The van der Waals surface area contributed by atoms with Crippen molar-refractivity contribution in [2.75, 3.05) is 44.1 Å². The number of thiazole rings is 1. The van der Waals surface area contributed by atoms with Crippen molar-refractivity contribution in [3.8, 4) is 6.07 Å². The van der Waals surface area contributed by atoms with E-state index >= 15 is 0 Å². The van der Waals surface area contributed by atoms with Gasteiger partial charge in [-0.2, -0.15) is 5.26 Å². The lowest BCUT2D eigenvalue weighted by Crippen LogP contribution is -2.35. The second-order valence-corrected chi connectivity index (χ2v) is 7.07. The van der Waals surface area contributed by atoms with Gasteiger partial charge >= 0.3 is 0 Å². The number of carbonyl (C=O) groups excluding carboxylic acids is 1. The first kappa shape index (κ1) is 23.1. The number of nitrogens with one attached hydrogen (secondary N) is 3. The number of hydrogen-bond acceptors (Lipinski definition) is 7. The molecule has 10 heteroatoms. The predicted octanol–water partition coefficient (Wildman–Crippen LogP) is 0.598. The van der Waals surface area contributed by atoms with Crippen LogP contribution in [0.1, 0.15) is 6.92 Å². The van der Waals surface area contributed by atoms with E-state index in [4.69, 9.17) is 4.74 Å². The zero-order valence-corrected chi connectivity index (χ0v) is 17.6. The first-order valence-electron chi connectivity index (χ1n) is 9.33. The van der Waals surface area contributed by atoms with Crippen LogP contribution in [0.5, 0.6) is 0 Å². The molecule has 1 amide bonds. The number of nitrogens with zero attached hydrogens (tertiary/aromatic N) is 2. The van der Waals surface area contributed by atoms with Crippen molar-refractivity contribution < 1.29 is 13.9 Å². The summed E-state index contributed by atoms with van der Waals surface area (Å²) in [5.41, 5.74) is 1.13. The molecule has 8 nitrogen and oxygen atoms in total. The van der Waals surface area contributed by atoms with Gasteiger partial charge in [-0.3, -0.25) is 14.2 Å². The molecule has 2 aromatic rings.